The molecule has 0 spiro atoms. The third-order valence-corrected chi connectivity index (χ3v) is 3.62. The predicted octanol–water partition coefficient (Wildman–Crippen LogP) is 0.692. The second kappa shape index (κ2) is 5.44. The summed E-state index contributed by atoms with van der Waals surface area (Å²) in [6, 6.07) is 3.61. The van der Waals surface area contributed by atoms with Crippen molar-refractivity contribution in [2.45, 2.75) is 26.4 Å². The van der Waals surface area contributed by atoms with E-state index in [4.69, 9.17) is 10.9 Å². The Labute approximate surface area is 112 Å². The molecule has 0 radical (unpaired) electrons. The quantitative estimate of drug-likeness (QED) is 0.316. The van der Waals surface area contributed by atoms with Gasteiger partial charge in [0.25, 0.3) is 0 Å². The number of oxime groups is 1. The van der Waals surface area contributed by atoms with E-state index in [1.54, 1.807) is 6.07 Å². The Kier molecular flexibility index (Phi) is 3.90. The van der Waals surface area contributed by atoms with Crippen LogP contribution in [0.25, 0.3) is 0 Å². The van der Waals surface area contributed by atoms with Crippen LogP contribution in [0.5, 0.6) is 0 Å². The van der Waals surface area contributed by atoms with Crippen LogP contribution in [-0.2, 0) is 0 Å². The second-order valence-electron chi connectivity index (χ2n) is 5.09. The summed E-state index contributed by atoms with van der Waals surface area (Å²) in [5.41, 5.74) is 7.14. The van der Waals surface area contributed by atoms with Crippen molar-refractivity contribution in [1.82, 2.24) is 4.98 Å². The van der Waals surface area contributed by atoms with Crippen molar-refractivity contribution in [1.29, 1.82) is 0 Å². The Bertz CT molecular complexity index is 490. The molecule has 1 fully saturated rings. The van der Waals surface area contributed by atoms with Crippen molar-refractivity contribution in [2.75, 3.05) is 18.0 Å². The lowest BCUT2D eigenvalue weighted by atomic mass is 9.96. The molecule has 2 rings (SSSR count). The van der Waals surface area contributed by atoms with Crippen LogP contribution >= 0.6 is 0 Å². The number of nitrogens with zero attached hydrogens (tertiary/aromatic N) is 3. The van der Waals surface area contributed by atoms with Gasteiger partial charge in [-0.25, -0.2) is 4.98 Å². The molecule has 4 N–H and O–H groups in total. The number of pyridine rings is 1. The van der Waals surface area contributed by atoms with Gasteiger partial charge in [-0.1, -0.05) is 12.1 Å². The molecule has 1 aliphatic heterocycles. The number of amidine groups is 1. The van der Waals surface area contributed by atoms with Crippen molar-refractivity contribution in [3.63, 3.8) is 0 Å². The monoisotopic (exact) mass is 264 g/mol. The van der Waals surface area contributed by atoms with E-state index in [9.17, 15) is 5.11 Å². The molecule has 1 aromatic rings. The highest BCUT2D eigenvalue weighted by atomic mass is 16.4. The molecule has 1 aromatic heterocycles. The van der Waals surface area contributed by atoms with E-state index in [-0.39, 0.29) is 17.9 Å². The maximum Gasteiger partial charge on any atom is 0.173 e. The minimum atomic E-state index is -0.379. The molecule has 0 bridgehead atoms. The number of nitrogens with two attached hydrogens (primary N) is 1. The van der Waals surface area contributed by atoms with E-state index >= 15 is 0 Å². The molecule has 2 unspecified atom stereocenters. The molecule has 0 amide bonds. The average Bonchev–Trinajstić information content (AvgIpc) is 2.41. The number of piperidine rings is 1. The Morgan fingerprint density at radius 1 is 1.53 bits per heavy atom. The van der Waals surface area contributed by atoms with E-state index < -0.39 is 0 Å². The van der Waals surface area contributed by atoms with Crippen molar-refractivity contribution < 1.29 is 10.3 Å². The lowest BCUT2D eigenvalue weighted by Gasteiger charge is -2.35. The number of aromatic nitrogens is 1. The summed E-state index contributed by atoms with van der Waals surface area (Å²) < 4.78 is 0. The van der Waals surface area contributed by atoms with Gasteiger partial charge < -0.3 is 20.9 Å². The van der Waals surface area contributed by atoms with E-state index in [1.165, 1.54) is 0 Å². The summed E-state index contributed by atoms with van der Waals surface area (Å²) in [6.07, 6.45) is 0.517. The third kappa shape index (κ3) is 2.78. The molecule has 0 aromatic carbocycles. The first kappa shape index (κ1) is 13.6. The number of anilines is 1. The van der Waals surface area contributed by atoms with Crippen molar-refractivity contribution in [2.24, 2.45) is 16.8 Å². The number of hydrogen-bond acceptors (Lipinski definition) is 5. The molecular formula is C13H20N4O2. The van der Waals surface area contributed by atoms with Gasteiger partial charge in [0.2, 0.25) is 0 Å². The zero-order valence-corrected chi connectivity index (χ0v) is 11.2. The van der Waals surface area contributed by atoms with Gasteiger partial charge in [-0.15, -0.1) is 0 Å². The smallest absolute Gasteiger partial charge is 0.173 e. The second-order valence-corrected chi connectivity index (χ2v) is 5.09. The lowest BCUT2D eigenvalue weighted by Crippen LogP contribution is -2.44. The molecule has 6 heteroatoms. The Hall–Kier alpha value is -1.82. The fourth-order valence-corrected chi connectivity index (χ4v) is 2.28. The van der Waals surface area contributed by atoms with E-state index in [2.05, 4.69) is 10.1 Å². The Morgan fingerprint density at radius 3 is 2.89 bits per heavy atom. The van der Waals surface area contributed by atoms with Crippen LogP contribution in [-0.4, -0.2) is 40.3 Å². The van der Waals surface area contributed by atoms with Crippen LogP contribution in [0.3, 0.4) is 0 Å². The normalized spacial score (nSPS) is 24.6. The number of rotatable bonds is 2. The molecule has 104 valence electrons. The highest BCUT2D eigenvalue weighted by Crippen LogP contribution is 2.25. The number of β-amino-alcohol motifs (C(OH)–C–C–N with tert-alkyl or cyclic N) is 1. The van der Waals surface area contributed by atoms with Crippen LogP contribution in [0, 0.1) is 12.8 Å². The van der Waals surface area contributed by atoms with Gasteiger partial charge in [0, 0.05) is 18.8 Å². The standard InChI is InChI=1S/C13H20N4O2/c1-8-5-6-17(7-11(8)18)13-10(12(14)16-19)4-3-9(2)15-13/h3-4,8,11,18-19H,5-7H2,1-2H3,(H2,14,16). The minimum absolute atomic E-state index is 0.0376. The fourth-order valence-electron chi connectivity index (χ4n) is 2.28. The first-order chi connectivity index (χ1) is 9.02. The number of aliphatic hydroxyl groups is 1. The SMILES string of the molecule is Cc1ccc(/C(N)=N/O)c(N2CCC(C)C(O)C2)n1. The molecule has 1 saturated heterocycles. The van der Waals surface area contributed by atoms with Crippen LogP contribution in [0.1, 0.15) is 24.6 Å². The first-order valence-corrected chi connectivity index (χ1v) is 6.41. The van der Waals surface area contributed by atoms with Crippen LogP contribution in [0.2, 0.25) is 0 Å². The predicted molar refractivity (Wildman–Crippen MR) is 73.5 cm³/mol. The molecule has 0 aliphatic carbocycles. The minimum Gasteiger partial charge on any atom is -0.409 e. The summed E-state index contributed by atoms with van der Waals surface area (Å²) in [7, 11) is 0. The van der Waals surface area contributed by atoms with Crippen molar-refractivity contribution in [3.8, 4) is 0 Å². The van der Waals surface area contributed by atoms with Crippen LogP contribution < -0.4 is 10.6 Å². The number of aryl methyl sites for hydroxylation is 1. The molecule has 2 heterocycles. The summed E-state index contributed by atoms with van der Waals surface area (Å²) >= 11 is 0. The number of aliphatic hydroxyl groups excluding tert-OH is 1. The van der Waals surface area contributed by atoms with Gasteiger partial charge in [-0.3, -0.25) is 0 Å². The highest BCUT2D eigenvalue weighted by Gasteiger charge is 2.27. The van der Waals surface area contributed by atoms with Gasteiger partial charge in [0.1, 0.15) is 5.82 Å². The zero-order chi connectivity index (χ0) is 14.0. The largest absolute Gasteiger partial charge is 0.409 e. The molecule has 2 atom stereocenters. The van der Waals surface area contributed by atoms with E-state index in [0.717, 1.165) is 18.7 Å². The van der Waals surface area contributed by atoms with Gasteiger partial charge in [0.15, 0.2) is 5.84 Å². The average molecular weight is 264 g/mol. The Balaban J connectivity index is 2.35. The molecule has 19 heavy (non-hydrogen) atoms. The lowest BCUT2D eigenvalue weighted by molar-refractivity contribution is 0.102. The van der Waals surface area contributed by atoms with Gasteiger partial charge in [-0.05, 0) is 31.4 Å². The van der Waals surface area contributed by atoms with Gasteiger partial charge in [0.05, 0.1) is 11.7 Å². The van der Waals surface area contributed by atoms with E-state index in [1.807, 2.05) is 24.8 Å². The van der Waals surface area contributed by atoms with Crippen LogP contribution in [0.4, 0.5) is 5.82 Å². The summed E-state index contributed by atoms with van der Waals surface area (Å²) in [4.78, 5) is 6.46. The summed E-state index contributed by atoms with van der Waals surface area (Å²) in [6.45, 7) is 5.25. The fraction of sp³-hybridized carbons (Fsp3) is 0.538. The van der Waals surface area contributed by atoms with Crippen LogP contribution in [0.15, 0.2) is 17.3 Å². The maximum absolute atomic E-state index is 9.99. The summed E-state index contributed by atoms with van der Waals surface area (Å²) in [5, 5.41) is 21.9. The number of hydrogen-bond donors (Lipinski definition) is 3. The highest BCUT2D eigenvalue weighted by molar-refractivity contribution is 6.01. The molecule has 0 saturated carbocycles. The van der Waals surface area contributed by atoms with E-state index in [0.29, 0.717) is 17.9 Å². The van der Waals surface area contributed by atoms with Gasteiger partial charge >= 0.3 is 0 Å². The molecule has 6 nitrogen and oxygen atoms in total. The molecule has 1 aliphatic rings. The molecular weight excluding hydrogens is 244 g/mol. The third-order valence-electron chi connectivity index (χ3n) is 3.62. The maximum atomic E-state index is 9.99. The first-order valence-electron chi connectivity index (χ1n) is 6.41. The Morgan fingerprint density at radius 2 is 2.26 bits per heavy atom. The van der Waals surface area contributed by atoms with Crippen molar-refractivity contribution >= 4 is 11.7 Å². The topological polar surface area (TPSA) is 95.0 Å². The van der Waals surface area contributed by atoms with Gasteiger partial charge in [-0.2, -0.15) is 0 Å². The summed E-state index contributed by atoms with van der Waals surface area (Å²) in [5.74, 6) is 0.991. The zero-order valence-electron chi connectivity index (χ0n) is 11.2. The van der Waals surface area contributed by atoms with Crippen molar-refractivity contribution in [3.05, 3.63) is 23.4 Å².